The minimum atomic E-state index is -0.345. The van der Waals surface area contributed by atoms with Crippen LogP contribution in [0.4, 0.5) is 11.6 Å². The number of ether oxygens (including phenoxy) is 1. The number of anilines is 2. The van der Waals surface area contributed by atoms with E-state index in [0.717, 1.165) is 28.5 Å². The molecule has 168 valence electrons. The summed E-state index contributed by atoms with van der Waals surface area (Å²) in [6, 6.07) is 5.78. The highest BCUT2D eigenvalue weighted by Gasteiger charge is 2.30. The van der Waals surface area contributed by atoms with Crippen molar-refractivity contribution in [2.75, 3.05) is 25.0 Å². The third-order valence-electron chi connectivity index (χ3n) is 5.23. The van der Waals surface area contributed by atoms with E-state index in [-0.39, 0.29) is 12.0 Å². The zero-order chi connectivity index (χ0) is 22.8. The maximum Gasteiger partial charge on any atom is 0.291 e. The van der Waals surface area contributed by atoms with Crippen LogP contribution in [0, 0.1) is 27.7 Å². The molecule has 9 heteroatoms. The molecular formula is C23H28N6O3. The summed E-state index contributed by atoms with van der Waals surface area (Å²) in [6.07, 6.45) is 0.301. The fraction of sp³-hybridized carbons (Fsp3) is 0.435. The molecule has 0 saturated carbocycles. The predicted octanol–water partition coefficient (Wildman–Crippen LogP) is 3.61. The van der Waals surface area contributed by atoms with Crippen molar-refractivity contribution in [3.63, 3.8) is 0 Å². The van der Waals surface area contributed by atoms with Gasteiger partial charge in [-0.2, -0.15) is 0 Å². The number of nitrogens with zero attached hydrogens (tertiary/aromatic N) is 5. The molecule has 0 unspecified atom stereocenters. The van der Waals surface area contributed by atoms with Crippen molar-refractivity contribution < 1.29 is 13.9 Å². The van der Waals surface area contributed by atoms with E-state index in [9.17, 15) is 4.79 Å². The summed E-state index contributed by atoms with van der Waals surface area (Å²) in [5.74, 6) is 1.24. The molecule has 1 aliphatic rings. The van der Waals surface area contributed by atoms with Crippen molar-refractivity contribution in [2.24, 2.45) is 0 Å². The van der Waals surface area contributed by atoms with Gasteiger partial charge in [0, 0.05) is 35.7 Å². The molecule has 32 heavy (non-hydrogen) atoms. The summed E-state index contributed by atoms with van der Waals surface area (Å²) in [5.41, 5.74) is 4.80. The second kappa shape index (κ2) is 9.04. The molecule has 1 N–H and O–H groups in total. The van der Waals surface area contributed by atoms with Crippen molar-refractivity contribution in [1.82, 2.24) is 24.8 Å². The standard InChI is InChI=1S/C23H28N6O3/c1-6-20-27-16(5)21(32-20)22(30)29-7-8-31-19(12-29)18-11-17(10-15(4)24-18)28-23-25-13(2)9-14(3)26-23/h9-11,19H,6-8,12H2,1-5H3,(H,24,25,26,28)/t19-/m1/s1. The van der Waals surface area contributed by atoms with Crippen molar-refractivity contribution in [2.45, 2.75) is 47.1 Å². The number of amides is 1. The number of hydrogen-bond acceptors (Lipinski definition) is 8. The number of pyridine rings is 1. The SMILES string of the molecule is CCc1nc(C)c(C(=O)N2CCO[C@@H](c3cc(Nc4nc(C)cc(C)n4)cc(C)n3)C2)o1. The van der Waals surface area contributed by atoms with Gasteiger partial charge in [-0.1, -0.05) is 6.92 Å². The number of nitrogens with one attached hydrogen (secondary N) is 1. The summed E-state index contributed by atoms with van der Waals surface area (Å²) < 4.78 is 11.6. The van der Waals surface area contributed by atoms with E-state index in [1.165, 1.54) is 0 Å². The monoisotopic (exact) mass is 436 g/mol. The fourth-order valence-corrected chi connectivity index (χ4v) is 3.80. The first kappa shape index (κ1) is 21.9. The van der Waals surface area contributed by atoms with Crippen LogP contribution in [-0.4, -0.2) is 50.4 Å². The van der Waals surface area contributed by atoms with Gasteiger partial charge in [-0.3, -0.25) is 9.78 Å². The Morgan fingerprint density at radius 3 is 2.47 bits per heavy atom. The Kier molecular flexibility index (Phi) is 6.18. The first-order valence-corrected chi connectivity index (χ1v) is 10.8. The lowest BCUT2D eigenvalue weighted by molar-refractivity contribution is -0.0257. The number of hydrogen-bond donors (Lipinski definition) is 1. The van der Waals surface area contributed by atoms with Gasteiger partial charge in [0.1, 0.15) is 6.10 Å². The van der Waals surface area contributed by atoms with Crippen molar-refractivity contribution in [3.05, 3.63) is 58.3 Å². The van der Waals surface area contributed by atoms with Crippen molar-refractivity contribution >= 4 is 17.5 Å². The Bertz CT molecular complexity index is 1120. The smallest absolute Gasteiger partial charge is 0.291 e. The minimum Gasteiger partial charge on any atom is -0.435 e. The molecule has 4 rings (SSSR count). The van der Waals surface area contributed by atoms with Crippen LogP contribution in [-0.2, 0) is 11.2 Å². The molecule has 1 atom stereocenters. The molecule has 0 spiro atoms. The quantitative estimate of drug-likeness (QED) is 0.646. The molecule has 1 aliphatic heterocycles. The summed E-state index contributed by atoms with van der Waals surface area (Å²) >= 11 is 0. The van der Waals surface area contributed by atoms with E-state index in [2.05, 4.69) is 25.3 Å². The second-order valence-electron chi connectivity index (χ2n) is 8.01. The molecular weight excluding hydrogens is 408 g/mol. The number of aryl methyl sites for hydroxylation is 5. The summed E-state index contributed by atoms with van der Waals surface area (Å²) in [7, 11) is 0. The molecule has 1 fully saturated rings. The number of carbonyl (C=O) groups excluding carboxylic acids is 1. The Morgan fingerprint density at radius 2 is 1.78 bits per heavy atom. The van der Waals surface area contributed by atoms with E-state index < -0.39 is 0 Å². The highest BCUT2D eigenvalue weighted by molar-refractivity contribution is 5.92. The van der Waals surface area contributed by atoms with Crippen LogP contribution in [0.25, 0.3) is 0 Å². The topological polar surface area (TPSA) is 106 Å². The first-order chi connectivity index (χ1) is 15.3. The molecule has 0 aromatic carbocycles. The molecule has 3 aromatic rings. The lowest BCUT2D eigenvalue weighted by Crippen LogP contribution is -2.42. The molecule has 9 nitrogen and oxygen atoms in total. The maximum atomic E-state index is 13.1. The summed E-state index contributed by atoms with van der Waals surface area (Å²) in [6.45, 7) is 10.8. The number of carbonyl (C=O) groups is 1. The lowest BCUT2D eigenvalue weighted by Gasteiger charge is -2.32. The van der Waals surface area contributed by atoms with Gasteiger partial charge in [0.15, 0.2) is 5.89 Å². The van der Waals surface area contributed by atoms with Gasteiger partial charge >= 0.3 is 0 Å². The highest BCUT2D eigenvalue weighted by Crippen LogP contribution is 2.26. The summed E-state index contributed by atoms with van der Waals surface area (Å²) in [5, 5.41) is 3.26. The number of oxazole rings is 1. The molecule has 0 radical (unpaired) electrons. The van der Waals surface area contributed by atoms with Gasteiger partial charge in [-0.15, -0.1) is 0 Å². The predicted molar refractivity (Wildman–Crippen MR) is 119 cm³/mol. The van der Waals surface area contributed by atoms with E-state index in [1.54, 1.807) is 11.8 Å². The lowest BCUT2D eigenvalue weighted by atomic mass is 10.1. The summed E-state index contributed by atoms with van der Waals surface area (Å²) in [4.78, 5) is 32.7. The Labute approximate surface area is 187 Å². The van der Waals surface area contributed by atoms with Gasteiger partial charge in [-0.25, -0.2) is 15.0 Å². The normalized spacial score (nSPS) is 16.3. The highest BCUT2D eigenvalue weighted by atomic mass is 16.5. The van der Waals surface area contributed by atoms with Crippen LogP contribution < -0.4 is 5.32 Å². The van der Waals surface area contributed by atoms with E-state index >= 15 is 0 Å². The molecule has 0 aliphatic carbocycles. The van der Waals surface area contributed by atoms with Gasteiger partial charge in [0.25, 0.3) is 5.91 Å². The molecule has 1 saturated heterocycles. The Balaban J connectivity index is 1.54. The van der Waals surface area contributed by atoms with Gasteiger partial charge in [-0.05, 0) is 45.9 Å². The number of morpholine rings is 1. The van der Waals surface area contributed by atoms with Crippen molar-refractivity contribution in [3.8, 4) is 0 Å². The molecule has 4 heterocycles. The van der Waals surface area contributed by atoms with E-state index in [1.807, 2.05) is 45.9 Å². The van der Waals surface area contributed by atoms with Crippen molar-refractivity contribution in [1.29, 1.82) is 0 Å². The zero-order valence-corrected chi connectivity index (χ0v) is 19.1. The minimum absolute atomic E-state index is 0.169. The van der Waals surface area contributed by atoms with Crippen LogP contribution in [0.2, 0.25) is 0 Å². The average molecular weight is 437 g/mol. The van der Waals surface area contributed by atoms with Crippen LogP contribution >= 0.6 is 0 Å². The number of rotatable bonds is 5. The molecule has 0 bridgehead atoms. The fourth-order valence-electron chi connectivity index (χ4n) is 3.80. The van der Waals surface area contributed by atoms with E-state index in [4.69, 9.17) is 9.15 Å². The van der Waals surface area contributed by atoms with Crippen LogP contribution in [0.15, 0.2) is 22.6 Å². The third-order valence-corrected chi connectivity index (χ3v) is 5.23. The van der Waals surface area contributed by atoms with Crippen LogP contribution in [0.1, 0.15) is 57.9 Å². The van der Waals surface area contributed by atoms with Gasteiger partial charge in [0.2, 0.25) is 11.7 Å². The molecule has 3 aromatic heterocycles. The van der Waals surface area contributed by atoms with Crippen LogP contribution in [0.3, 0.4) is 0 Å². The van der Waals surface area contributed by atoms with Gasteiger partial charge < -0.3 is 19.4 Å². The average Bonchev–Trinajstić information content (AvgIpc) is 3.13. The first-order valence-electron chi connectivity index (χ1n) is 10.8. The largest absolute Gasteiger partial charge is 0.435 e. The van der Waals surface area contributed by atoms with E-state index in [0.29, 0.717) is 49.4 Å². The zero-order valence-electron chi connectivity index (χ0n) is 19.1. The number of aromatic nitrogens is 4. The maximum absolute atomic E-state index is 13.1. The second-order valence-corrected chi connectivity index (χ2v) is 8.01. The molecule has 1 amide bonds. The van der Waals surface area contributed by atoms with Crippen LogP contribution in [0.5, 0.6) is 0 Å². The Hall–Kier alpha value is -3.33. The Morgan fingerprint density at radius 1 is 1.06 bits per heavy atom. The third kappa shape index (κ3) is 4.77. The van der Waals surface area contributed by atoms with Gasteiger partial charge in [0.05, 0.1) is 24.5 Å².